The summed E-state index contributed by atoms with van der Waals surface area (Å²) in [6.45, 7) is 9.15. The molecule has 2 rings (SSSR count). The normalized spacial score (nSPS) is 26.6. The Labute approximate surface area is 125 Å². The molecule has 1 aliphatic rings. The van der Waals surface area contributed by atoms with Crippen molar-refractivity contribution in [3.05, 3.63) is 16.1 Å². The molecule has 20 heavy (non-hydrogen) atoms. The maximum Gasteiger partial charge on any atom is 0.152 e. The van der Waals surface area contributed by atoms with Crippen molar-refractivity contribution in [3.8, 4) is 0 Å². The molecule has 1 unspecified atom stereocenters. The Bertz CT molecular complexity index is 568. The molecule has 6 heteroatoms. The van der Waals surface area contributed by atoms with E-state index in [-0.39, 0.29) is 11.2 Å². The number of nitrogens with zero attached hydrogens (tertiary/aromatic N) is 1. The second-order valence-corrected chi connectivity index (χ2v) is 9.64. The average Bonchev–Trinajstić information content (AvgIpc) is 2.77. The number of sulfone groups is 1. The Morgan fingerprint density at radius 1 is 1.45 bits per heavy atom. The fraction of sp³-hybridized carbons (Fsp3) is 0.786. The molecule has 0 bridgehead atoms. The van der Waals surface area contributed by atoms with Gasteiger partial charge in [0.15, 0.2) is 9.84 Å². The van der Waals surface area contributed by atoms with Crippen molar-refractivity contribution in [2.75, 3.05) is 18.1 Å². The van der Waals surface area contributed by atoms with E-state index in [2.05, 4.69) is 31.5 Å². The van der Waals surface area contributed by atoms with Gasteiger partial charge in [-0.3, -0.25) is 0 Å². The van der Waals surface area contributed by atoms with Gasteiger partial charge in [0.2, 0.25) is 0 Å². The van der Waals surface area contributed by atoms with Gasteiger partial charge in [0.1, 0.15) is 5.01 Å². The summed E-state index contributed by atoms with van der Waals surface area (Å²) in [7, 11) is -2.98. The molecule has 114 valence electrons. The van der Waals surface area contributed by atoms with E-state index in [1.165, 1.54) is 0 Å². The molecule has 0 spiro atoms. The van der Waals surface area contributed by atoms with Crippen LogP contribution in [-0.2, 0) is 20.8 Å². The first kappa shape index (κ1) is 15.9. The molecule has 1 N–H and O–H groups in total. The van der Waals surface area contributed by atoms with E-state index in [1.807, 2.05) is 6.92 Å². The minimum absolute atomic E-state index is 0.00427. The highest BCUT2D eigenvalue weighted by molar-refractivity contribution is 7.91. The van der Waals surface area contributed by atoms with Gasteiger partial charge in [0, 0.05) is 10.8 Å². The van der Waals surface area contributed by atoms with Gasteiger partial charge in [-0.2, -0.15) is 0 Å². The third kappa shape index (κ3) is 3.23. The lowest BCUT2D eigenvalue weighted by Gasteiger charge is -2.36. The van der Waals surface area contributed by atoms with E-state index in [0.29, 0.717) is 12.2 Å². The van der Waals surface area contributed by atoms with Crippen LogP contribution in [0.15, 0.2) is 5.38 Å². The van der Waals surface area contributed by atoms with Crippen molar-refractivity contribution in [3.63, 3.8) is 0 Å². The molecule has 0 amide bonds. The maximum absolute atomic E-state index is 12.1. The Balaban J connectivity index is 2.40. The SMILES string of the molecule is CCNC1(c2nc(C(C)(C)C)cs2)CCCS(=O)(=O)C1. The third-order valence-electron chi connectivity index (χ3n) is 3.72. The summed E-state index contributed by atoms with van der Waals surface area (Å²) >= 11 is 1.58. The molecule has 4 nitrogen and oxygen atoms in total. The van der Waals surface area contributed by atoms with E-state index >= 15 is 0 Å². The lowest BCUT2D eigenvalue weighted by Crippen LogP contribution is -2.51. The molecule has 0 aliphatic carbocycles. The summed E-state index contributed by atoms with van der Waals surface area (Å²) in [5.74, 6) is 0.475. The number of hydrogen-bond acceptors (Lipinski definition) is 5. The first-order valence-electron chi connectivity index (χ1n) is 7.10. The summed E-state index contributed by atoms with van der Waals surface area (Å²) in [6.07, 6.45) is 1.55. The van der Waals surface area contributed by atoms with Crippen LogP contribution in [-0.4, -0.2) is 31.5 Å². The molecular weight excluding hydrogens is 292 g/mol. The van der Waals surface area contributed by atoms with Gasteiger partial charge in [-0.15, -0.1) is 11.3 Å². The summed E-state index contributed by atoms with van der Waals surface area (Å²) in [5, 5.41) is 6.39. The van der Waals surface area contributed by atoms with E-state index in [1.54, 1.807) is 11.3 Å². The highest BCUT2D eigenvalue weighted by Crippen LogP contribution is 2.36. The highest BCUT2D eigenvalue weighted by Gasteiger charge is 2.42. The molecule has 1 aromatic rings. The van der Waals surface area contributed by atoms with E-state index in [4.69, 9.17) is 4.98 Å². The lowest BCUT2D eigenvalue weighted by atomic mass is 9.92. The number of aromatic nitrogens is 1. The average molecular weight is 316 g/mol. The zero-order valence-corrected chi connectivity index (χ0v) is 14.3. The van der Waals surface area contributed by atoms with Crippen LogP contribution in [0.4, 0.5) is 0 Å². The summed E-state index contributed by atoms with van der Waals surface area (Å²) in [4.78, 5) is 4.75. The van der Waals surface area contributed by atoms with Crippen molar-refractivity contribution in [2.45, 2.75) is 51.5 Å². The van der Waals surface area contributed by atoms with Crippen LogP contribution in [0.25, 0.3) is 0 Å². The molecule has 1 atom stereocenters. The number of nitrogens with one attached hydrogen (secondary N) is 1. The second-order valence-electron chi connectivity index (χ2n) is 6.60. The molecule has 0 saturated carbocycles. The van der Waals surface area contributed by atoms with Gasteiger partial charge in [-0.1, -0.05) is 27.7 Å². The zero-order valence-electron chi connectivity index (χ0n) is 12.7. The van der Waals surface area contributed by atoms with Crippen LogP contribution in [0.5, 0.6) is 0 Å². The molecule has 0 aromatic carbocycles. The van der Waals surface area contributed by atoms with Crippen molar-refractivity contribution in [1.29, 1.82) is 0 Å². The van der Waals surface area contributed by atoms with E-state index in [0.717, 1.165) is 23.7 Å². The van der Waals surface area contributed by atoms with Crippen LogP contribution in [0.1, 0.15) is 51.2 Å². The van der Waals surface area contributed by atoms with Crippen LogP contribution in [0, 0.1) is 0 Å². The van der Waals surface area contributed by atoms with Crippen molar-refractivity contribution in [1.82, 2.24) is 10.3 Å². The Hall–Kier alpha value is -0.460. The molecule has 1 saturated heterocycles. The quantitative estimate of drug-likeness (QED) is 0.930. The number of hydrogen-bond donors (Lipinski definition) is 1. The molecule has 1 fully saturated rings. The van der Waals surface area contributed by atoms with Gasteiger partial charge in [-0.25, -0.2) is 13.4 Å². The fourth-order valence-electron chi connectivity index (χ4n) is 2.67. The first-order valence-corrected chi connectivity index (χ1v) is 9.81. The first-order chi connectivity index (χ1) is 9.19. The van der Waals surface area contributed by atoms with Crippen LogP contribution >= 0.6 is 11.3 Å². The van der Waals surface area contributed by atoms with E-state index in [9.17, 15) is 8.42 Å². The second kappa shape index (κ2) is 5.39. The van der Waals surface area contributed by atoms with Gasteiger partial charge >= 0.3 is 0 Å². The predicted molar refractivity (Wildman–Crippen MR) is 84.1 cm³/mol. The largest absolute Gasteiger partial charge is 0.305 e. The standard InChI is InChI=1S/C14H24N2O2S2/c1-5-15-14(7-6-8-20(17,18)10-14)12-16-11(9-19-12)13(2,3)4/h9,15H,5-8,10H2,1-4H3. The summed E-state index contributed by atoms with van der Waals surface area (Å²) in [5.41, 5.74) is 0.549. The summed E-state index contributed by atoms with van der Waals surface area (Å²) < 4.78 is 24.1. The van der Waals surface area contributed by atoms with Gasteiger partial charge in [-0.05, 0) is 19.4 Å². The molecule has 0 radical (unpaired) electrons. The molecule has 1 aromatic heterocycles. The lowest BCUT2D eigenvalue weighted by molar-refractivity contribution is 0.332. The fourth-order valence-corrected chi connectivity index (χ4v) is 5.88. The van der Waals surface area contributed by atoms with Crippen LogP contribution in [0.2, 0.25) is 0 Å². The van der Waals surface area contributed by atoms with Crippen LogP contribution in [0.3, 0.4) is 0 Å². The van der Waals surface area contributed by atoms with Gasteiger partial charge in [0.05, 0.1) is 22.7 Å². The monoisotopic (exact) mass is 316 g/mol. The number of thiazole rings is 1. The van der Waals surface area contributed by atoms with Gasteiger partial charge < -0.3 is 5.32 Å². The van der Waals surface area contributed by atoms with Gasteiger partial charge in [0.25, 0.3) is 0 Å². The molecule has 2 heterocycles. The van der Waals surface area contributed by atoms with E-state index < -0.39 is 15.4 Å². The Morgan fingerprint density at radius 2 is 2.15 bits per heavy atom. The maximum atomic E-state index is 12.1. The van der Waals surface area contributed by atoms with Crippen LogP contribution < -0.4 is 5.32 Å². The summed E-state index contributed by atoms with van der Waals surface area (Å²) in [6, 6.07) is 0. The van der Waals surface area contributed by atoms with Crippen molar-refractivity contribution >= 4 is 21.2 Å². The third-order valence-corrected chi connectivity index (χ3v) is 6.61. The minimum atomic E-state index is -2.98. The molecule has 1 aliphatic heterocycles. The Kier molecular flexibility index (Phi) is 4.29. The highest BCUT2D eigenvalue weighted by atomic mass is 32.2. The smallest absolute Gasteiger partial charge is 0.152 e. The topological polar surface area (TPSA) is 59.1 Å². The minimum Gasteiger partial charge on any atom is -0.305 e. The number of rotatable bonds is 3. The Morgan fingerprint density at radius 3 is 2.65 bits per heavy atom. The van der Waals surface area contributed by atoms with Crippen molar-refractivity contribution < 1.29 is 8.42 Å². The van der Waals surface area contributed by atoms with Crippen molar-refractivity contribution in [2.24, 2.45) is 0 Å². The zero-order chi connectivity index (χ0) is 15.0. The predicted octanol–water partition coefficient (Wildman–Crippen LogP) is 2.45. The molecular formula is C14H24N2O2S2.